The van der Waals surface area contributed by atoms with E-state index in [0.29, 0.717) is 5.92 Å². The first-order chi connectivity index (χ1) is 9.72. The van der Waals surface area contributed by atoms with E-state index < -0.39 is 0 Å². The van der Waals surface area contributed by atoms with E-state index in [-0.39, 0.29) is 12.1 Å². The van der Waals surface area contributed by atoms with Gasteiger partial charge < -0.3 is 14.8 Å². The zero-order valence-electron chi connectivity index (χ0n) is 13.1. The highest BCUT2D eigenvalue weighted by atomic mass is 16.5. The molecule has 2 rings (SSSR count). The van der Waals surface area contributed by atoms with E-state index in [2.05, 4.69) is 35.9 Å². The van der Waals surface area contributed by atoms with Crippen LogP contribution in [0, 0.1) is 5.92 Å². The minimum atomic E-state index is 0.237. The van der Waals surface area contributed by atoms with Crippen LogP contribution in [0.1, 0.15) is 45.3 Å². The van der Waals surface area contributed by atoms with Crippen LogP contribution in [-0.2, 0) is 11.3 Å². The van der Waals surface area contributed by atoms with E-state index in [1.165, 1.54) is 5.69 Å². The Kier molecular flexibility index (Phi) is 5.43. The SMILES string of the molecule is CCCn1ncc(OC)c1C(NCC)C1CCOC1C. The second-order valence-electron chi connectivity index (χ2n) is 5.39. The maximum absolute atomic E-state index is 5.75. The third kappa shape index (κ3) is 2.99. The van der Waals surface area contributed by atoms with E-state index in [1.54, 1.807) is 7.11 Å². The molecule has 0 saturated carbocycles. The molecule has 20 heavy (non-hydrogen) atoms. The topological polar surface area (TPSA) is 48.3 Å². The molecule has 0 spiro atoms. The highest BCUT2D eigenvalue weighted by Crippen LogP contribution is 2.37. The van der Waals surface area contributed by atoms with Gasteiger partial charge in [0.2, 0.25) is 0 Å². The number of aryl methyl sites for hydroxylation is 1. The fraction of sp³-hybridized carbons (Fsp3) is 0.800. The fourth-order valence-electron chi connectivity index (χ4n) is 3.10. The van der Waals surface area contributed by atoms with Gasteiger partial charge in [-0.1, -0.05) is 13.8 Å². The summed E-state index contributed by atoms with van der Waals surface area (Å²) >= 11 is 0. The number of ether oxygens (including phenoxy) is 2. The van der Waals surface area contributed by atoms with Crippen LogP contribution < -0.4 is 10.1 Å². The quantitative estimate of drug-likeness (QED) is 0.833. The van der Waals surface area contributed by atoms with Crippen molar-refractivity contribution in [1.29, 1.82) is 0 Å². The van der Waals surface area contributed by atoms with Gasteiger partial charge in [-0.15, -0.1) is 0 Å². The van der Waals surface area contributed by atoms with E-state index in [1.807, 2.05) is 6.20 Å². The number of aromatic nitrogens is 2. The molecule has 3 atom stereocenters. The number of methoxy groups -OCH3 is 1. The molecule has 0 radical (unpaired) electrons. The Hall–Kier alpha value is -1.07. The molecule has 5 heteroatoms. The molecule has 0 aliphatic carbocycles. The van der Waals surface area contributed by atoms with Crippen LogP contribution in [0.2, 0.25) is 0 Å². The lowest BCUT2D eigenvalue weighted by Crippen LogP contribution is -2.34. The zero-order valence-corrected chi connectivity index (χ0v) is 13.1. The van der Waals surface area contributed by atoms with Crippen molar-refractivity contribution in [3.63, 3.8) is 0 Å². The molecule has 1 aromatic heterocycles. The third-order valence-corrected chi connectivity index (χ3v) is 4.08. The summed E-state index contributed by atoms with van der Waals surface area (Å²) in [7, 11) is 1.72. The molecule has 1 saturated heterocycles. The summed E-state index contributed by atoms with van der Waals surface area (Å²) in [5.74, 6) is 1.35. The predicted octanol–water partition coefficient (Wildman–Crippen LogP) is 2.38. The Bertz CT molecular complexity index is 419. The summed E-state index contributed by atoms with van der Waals surface area (Å²) in [5.41, 5.74) is 1.17. The van der Waals surface area contributed by atoms with E-state index in [9.17, 15) is 0 Å². The van der Waals surface area contributed by atoms with Crippen LogP contribution in [0.15, 0.2) is 6.20 Å². The van der Waals surface area contributed by atoms with Crippen LogP contribution in [0.5, 0.6) is 5.75 Å². The van der Waals surface area contributed by atoms with Gasteiger partial charge in [0.1, 0.15) is 0 Å². The average molecular weight is 281 g/mol. The molecule has 0 amide bonds. The molecule has 1 aliphatic heterocycles. The van der Waals surface area contributed by atoms with Crippen molar-refractivity contribution in [2.75, 3.05) is 20.3 Å². The van der Waals surface area contributed by atoms with Crippen molar-refractivity contribution in [2.24, 2.45) is 5.92 Å². The van der Waals surface area contributed by atoms with Crippen LogP contribution in [0.25, 0.3) is 0 Å². The second kappa shape index (κ2) is 7.09. The van der Waals surface area contributed by atoms with Crippen LogP contribution in [0.3, 0.4) is 0 Å². The lowest BCUT2D eigenvalue weighted by Gasteiger charge is -2.28. The maximum Gasteiger partial charge on any atom is 0.161 e. The highest BCUT2D eigenvalue weighted by Gasteiger charge is 2.35. The van der Waals surface area contributed by atoms with Crippen molar-refractivity contribution >= 4 is 0 Å². The van der Waals surface area contributed by atoms with Crippen LogP contribution in [-0.4, -0.2) is 36.1 Å². The summed E-state index contributed by atoms with van der Waals surface area (Å²) in [6, 6.07) is 0.237. The number of nitrogens with zero attached hydrogens (tertiary/aromatic N) is 2. The largest absolute Gasteiger partial charge is 0.493 e. The lowest BCUT2D eigenvalue weighted by atomic mass is 9.90. The van der Waals surface area contributed by atoms with Gasteiger partial charge in [-0.25, -0.2) is 0 Å². The van der Waals surface area contributed by atoms with Gasteiger partial charge in [-0.2, -0.15) is 5.10 Å². The minimum Gasteiger partial charge on any atom is -0.493 e. The van der Waals surface area contributed by atoms with Crippen molar-refractivity contribution in [3.05, 3.63) is 11.9 Å². The Morgan fingerprint density at radius 3 is 2.90 bits per heavy atom. The second-order valence-corrected chi connectivity index (χ2v) is 5.39. The summed E-state index contributed by atoms with van der Waals surface area (Å²) in [4.78, 5) is 0. The summed E-state index contributed by atoms with van der Waals surface area (Å²) in [6.45, 7) is 9.16. The molecule has 1 aromatic rings. The number of hydrogen-bond acceptors (Lipinski definition) is 4. The Morgan fingerprint density at radius 2 is 2.35 bits per heavy atom. The molecular formula is C15H27N3O2. The van der Waals surface area contributed by atoms with Gasteiger partial charge in [0.05, 0.1) is 31.1 Å². The first-order valence-electron chi connectivity index (χ1n) is 7.67. The zero-order chi connectivity index (χ0) is 14.5. The Labute approximate surface area is 121 Å². The molecule has 0 bridgehead atoms. The molecule has 1 aliphatic rings. The van der Waals surface area contributed by atoms with Crippen LogP contribution in [0.4, 0.5) is 0 Å². The first kappa shape index (κ1) is 15.3. The predicted molar refractivity (Wildman–Crippen MR) is 79.0 cm³/mol. The van der Waals surface area contributed by atoms with Crippen molar-refractivity contribution in [3.8, 4) is 5.75 Å². The summed E-state index contributed by atoms with van der Waals surface area (Å²) < 4.78 is 13.4. The lowest BCUT2D eigenvalue weighted by molar-refractivity contribution is 0.0941. The normalized spacial score (nSPS) is 24.0. The Balaban J connectivity index is 2.34. The molecular weight excluding hydrogens is 254 g/mol. The standard InChI is InChI=1S/C15H27N3O2/c1-5-8-18-15(13(19-4)10-17-18)14(16-6-2)12-7-9-20-11(12)3/h10-12,14,16H,5-9H2,1-4H3. The molecule has 114 valence electrons. The van der Waals surface area contributed by atoms with Gasteiger partial charge in [-0.3, -0.25) is 4.68 Å². The first-order valence-corrected chi connectivity index (χ1v) is 7.67. The number of rotatable bonds is 7. The summed E-state index contributed by atoms with van der Waals surface area (Å²) in [6.07, 6.45) is 4.25. The van der Waals surface area contributed by atoms with Crippen LogP contribution >= 0.6 is 0 Å². The van der Waals surface area contributed by atoms with Gasteiger partial charge >= 0.3 is 0 Å². The Morgan fingerprint density at radius 1 is 1.55 bits per heavy atom. The van der Waals surface area contributed by atoms with E-state index in [0.717, 1.165) is 38.3 Å². The third-order valence-electron chi connectivity index (χ3n) is 4.08. The molecule has 5 nitrogen and oxygen atoms in total. The van der Waals surface area contributed by atoms with E-state index >= 15 is 0 Å². The molecule has 3 unspecified atom stereocenters. The van der Waals surface area contributed by atoms with Gasteiger partial charge in [0.15, 0.2) is 5.75 Å². The molecule has 1 N–H and O–H groups in total. The van der Waals surface area contributed by atoms with Crippen molar-refractivity contribution in [2.45, 2.75) is 52.3 Å². The van der Waals surface area contributed by atoms with Crippen molar-refractivity contribution < 1.29 is 9.47 Å². The number of hydrogen-bond donors (Lipinski definition) is 1. The molecule has 0 aromatic carbocycles. The maximum atomic E-state index is 5.75. The minimum absolute atomic E-state index is 0.237. The van der Waals surface area contributed by atoms with Crippen molar-refractivity contribution in [1.82, 2.24) is 15.1 Å². The van der Waals surface area contributed by atoms with Gasteiger partial charge in [0.25, 0.3) is 0 Å². The monoisotopic (exact) mass is 281 g/mol. The summed E-state index contributed by atoms with van der Waals surface area (Å²) in [5, 5.41) is 8.10. The number of nitrogens with one attached hydrogen (secondary N) is 1. The molecule has 2 heterocycles. The smallest absolute Gasteiger partial charge is 0.161 e. The van der Waals surface area contributed by atoms with Gasteiger partial charge in [0, 0.05) is 19.1 Å². The van der Waals surface area contributed by atoms with E-state index in [4.69, 9.17) is 9.47 Å². The molecule has 1 fully saturated rings. The fourth-order valence-corrected chi connectivity index (χ4v) is 3.10. The van der Waals surface area contributed by atoms with Gasteiger partial charge in [-0.05, 0) is 26.3 Å². The average Bonchev–Trinajstić information content (AvgIpc) is 3.03. The highest BCUT2D eigenvalue weighted by molar-refractivity contribution is 5.29.